The van der Waals surface area contributed by atoms with Crippen molar-refractivity contribution in [2.24, 2.45) is 7.05 Å². The monoisotopic (exact) mass is 526 g/mol. The number of aromatic nitrogens is 4. The number of ether oxygens (including phenoxy) is 1. The van der Waals surface area contributed by atoms with Crippen LogP contribution in [0.5, 0.6) is 0 Å². The Morgan fingerprint density at radius 1 is 1.05 bits per heavy atom. The third-order valence-corrected chi connectivity index (χ3v) is 7.68. The van der Waals surface area contributed by atoms with Crippen molar-refractivity contribution in [2.45, 2.75) is 56.8 Å². The molecule has 6 nitrogen and oxygen atoms in total. The number of rotatable bonds is 4. The standard InChI is InChI=1S/C28H26F4N4O2/c1-15-34-26-22(21-6-3-19(12-24(21)29)28(30,31)32)9-17(10-23(26)27(37)35(15)2)16-7-8-38-25(11-16)18-13-33-36(14-18)20-4-5-20/h3,6,9-10,12-14,16,20,25H,4-5,7-8,11H2,1-2H3/t16-,25+/m1/s1. The van der Waals surface area contributed by atoms with Crippen LogP contribution in [0.15, 0.2) is 47.5 Å². The average molecular weight is 527 g/mol. The summed E-state index contributed by atoms with van der Waals surface area (Å²) in [5.74, 6) is -0.608. The van der Waals surface area contributed by atoms with Gasteiger partial charge in [0.1, 0.15) is 11.6 Å². The van der Waals surface area contributed by atoms with E-state index in [4.69, 9.17) is 4.74 Å². The Morgan fingerprint density at radius 3 is 2.55 bits per heavy atom. The number of benzene rings is 2. The fourth-order valence-electron chi connectivity index (χ4n) is 5.25. The van der Waals surface area contributed by atoms with Crippen molar-refractivity contribution in [1.29, 1.82) is 0 Å². The summed E-state index contributed by atoms with van der Waals surface area (Å²) in [6.07, 6.45) is 2.58. The zero-order valence-electron chi connectivity index (χ0n) is 20.9. The Balaban J connectivity index is 1.45. The van der Waals surface area contributed by atoms with Crippen LogP contribution in [-0.4, -0.2) is 25.9 Å². The first kappa shape index (κ1) is 24.8. The second-order valence-corrected chi connectivity index (χ2v) is 10.2. The Labute approximate surface area is 215 Å². The summed E-state index contributed by atoms with van der Waals surface area (Å²) < 4.78 is 64.2. The van der Waals surface area contributed by atoms with Gasteiger partial charge in [0.2, 0.25) is 0 Å². The molecule has 1 aliphatic carbocycles. The van der Waals surface area contributed by atoms with Gasteiger partial charge in [-0.25, -0.2) is 9.37 Å². The zero-order chi connectivity index (χ0) is 26.8. The van der Waals surface area contributed by atoms with Crippen LogP contribution in [0.4, 0.5) is 17.6 Å². The Hall–Kier alpha value is -3.53. The molecule has 198 valence electrons. The molecule has 0 unspecified atom stereocenters. The third-order valence-electron chi connectivity index (χ3n) is 7.68. The van der Waals surface area contributed by atoms with Crippen molar-refractivity contribution in [3.8, 4) is 11.1 Å². The topological polar surface area (TPSA) is 61.9 Å². The summed E-state index contributed by atoms with van der Waals surface area (Å²) >= 11 is 0. The third kappa shape index (κ3) is 4.40. The van der Waals surface area contributed by atoms with E-state index in [0.29, 0.717) is 48.3 Å². The lowest BCUT2D eigenvalue weighted by molar-refractivity contribution is -0.137. The van der Waals surface area contributed by atoms with Gasteiger partial charge in [-0.15, -0.1) is 0 Å². The lowest BCUT2D eigenvalue weighted by atomic mass is 9.84. The highest BCUT2D eigenvalue weighted by Gasteiger charge is 2.32. The molecule has 4 aromatic rings. The van der Waals surface area contributed by atoms with Crippen molar-refractivity contribution in [1.82, 2.24) is 19.3 Å². The van der Waals surface area contributed by atoms with E-state index in [1.807, 2.05) is 17.1 Å². The Kier molecular flexibility index (Phi) is 5.90. The van der Waals surface area contributed by atoms with Gasteiger partial charge in [0.05, 0.1) is 34.8 Å². The van der Waals surface area contributed by atoms with Gasteiger partial charge in [-0.3, -0.25) is 14.0 Å². The van der Waals surface area contributed by atoms with Crippen molar-refractivity contribution in [3.05, 3.63) is 81.4 Å². The maximum absolute atomic E-state index is 15.2. The van der Waals surface area contributed by atoms with E-state index in [0.717, 1.165) is 36.1 Å². The summed E-state index contributed by atoms with van der Waals surface area (Å²) in [5, 5.41) is 4.77. The predicted octanol–water partition coefficient (Wildman–Crippen LogP) is 6.23. The number of hydrogen-bond donors (Lipinski definition) is 0. The number of hydrogen-bond acceptors (Lipinski definition) is 4. The molecule has 2 fully saturated rings. The highest BCUT2D eigenvalue weighted by molar-refractivity contribution is 5.94. The Bertz CT molecular complexity index is 1600. The van der Waals surface area contributed by atoms with Gasteiger partial charge in [-0.05, 0) is 68.4 Å². The van der Waals surface area contributed by atoms with E-state index >= 15 is 4.39 Å². The van der Waals surface area contributed by atoms with E-state index in [2.05, 4.69) is 10.1 Å². The molecule has 0 radical (unpaired) electrons. The predicted molar refractivity (Wildman–Crippen MR) is 133 cm³/mol. The van der Waals surface area contributed by atoms with Gasteiger partial charge in [0.15, 0.2) is 0 Å². The fraction of sp³-hybridized carbons (Fsp3) is 0.393. The highest BCUT2D eigenvalue weighted by atomic mass is 19.4. The van der Waals surface area contributed by atoms with Gasteiger partial charge in [-0.2, -0.15) is 18.3 Å². The molecule has 0 amide bonds. The number of aryl methyl sites for hydroxylation is 1. The van der Waals surface area contributed by atoms with Crippen LogP contribution in [0.25, 0.3) is 22.0 Å². The van der Waals surface area contributed by atoms with Crippen molar-refractivity contribution in [3.63, 3.8) is 0 Å². The van der Waals surface area contributed by atoms with Crippen LogP contribution >= 0.6 is 0 Å². The van der Waals surface area contributed by atoms with Gasteiger partial charge >= 0.3 is 6.18 Å². The average Bonchev–Trinajstić information content (AvgIpc) is 3.63. The van der Waals surface area contributed by atoms with Gasteiger partial charge in [0, 0.05) is 36.5 Å². The minimum atomic E-state index is -4.67. The van der Waals surface area contributed by atoms with Crippen molar-refractivity contribution >= 4 is 10.9 Å². The summed E-state index contributed by atoms with van der Waals surface area (Å²) in [4.78, 5) is 17.8. The van der Waals surface area contributed by atoms with Crippen LogP contribution < -0.4 is 5.56 Å². The molecular weight excluding hydrogens is 500 g/mol. The normalized spacial score (nSPS) is 20.3. The van der Waals surface area contributed by atoms with Gasteiger partial charge in [-0.1, -0.05) is 6.07 Å². The molecule has 0 N–H and O–H groups in total. The van der Waals surface area contributed by atoms with Crippen LogP contribution in [0.3, 0.4) is 0 Å². The zero-order valence-corrected chi connectivity index (χ0v) is 20.9. The van der Waals surface area contributed by atoms with Crippen LogP contribution in [0, 0.1) is 12.7 Å². The molecule has 0 bridgehead atoms. The molecule has 1 saturated carbocycles. The molecule has 2 aromatic heterocycles. The summed E-state index contributed by atoms with van der Waals surface area (Å²) in [6, 6.07) is 6.47. The molecule has 2 aromatic carbocycles. The van der Waals surface area contributed by atoms with Crippen LogP contribution in [0.2, 0.25) is 0 Å². The minimum absolute atomic E-state index is 0.00954. The SMILES string of the molecule is Cc1nc2c(-c3ccc(C(F)(F)F)cc3F)cc([C@@H]3CCO[C@H](c4cnn(C5CC5)c4)C3)cc2c(=O)n1C. The molecule has 10 heteroatoms. The fourth-order valence-corrected chi connectivity index (χ4v) is 5.25. The second-order valence-electron chi connectivity index (χ2n) is 10.2. The maximum Gasteiger partial charge on any atom is 0.416 e. The van der Waals surface area contributed by atoms with E-state index in [-0.39, 0.29) is 28.7 Å². The lowest BCUT2D eigenvalue weighted by Crippen LogP contribution is -2.22. The quantitative estimate of drug-likeness (QED) is 0.296. The largest absolute Gasteiger partial charge is 0.416 e. The second kappa shape index (κ2) is 9.04. The molecule has 1 saturated heterocycles. The van der Waals surface area contributed by atoms with Crippen LogP contribution in [0.1, 0.15) is 66.3 Å². The smallest absolute Gasteiger partial charge is 0.373 e. The van der Waals surface area contributed by atoms with Gasteiger partial charge in [0.25, 0.3) is 5.56 Å². The number of fused-ring (bicyclic) bond motifs is 1. The van der Waals surface area contributed by atoms with Crippen molar-refractivity contribution < 1.29 is 22.3 Å². The van der Waals surface area contributed by atoms with E-state index in [1.54, 1.807) is 26.1 Å². The Morgan fingerprint density at radius 2 is 1.84 bits per heavy atom. The number of nitrogens with zero attached hydrogens (tertiary/aromatic N) is 4. The molecule has 38 heavy (non-hydrogen) atoms. The highest BCUT2D eigenvalue weighted by Crippen LogP contribution is 2.42. The minimum Gasteiger partial charge on any atom is -0.373 e. The summed E-state index contributed by atoms with van der Waals surface area (Å²) in [5.41, 5.74) is 0.966. The van der Waals surface area contributed by atoms with Crippen LogP contribution in [-0.2, 0) is 18.0 Å². The number of halogens is 4. The first-order chi connectivity index (χ1) is 18.1. The number of alkyl halides is 3. The lowest BCUT2D eigenvalue weighted by Gasteiger charge is -2.30. The van der Waals surface area contributed by atoms with Crippen molar-refractivity contribution in [2.75, 3.05) is 6.61 Å². The molecular formula is C28H26F4N4O2. The molecule has 0 spiro atoms. The maximum atomic E-state index is 15.2. The van der Waals surface area contributed by atoms with E-state index in [9.17, 15) is 18.0 Å². The molecule has 2 aliphatic rings. The van der Waals surface area contributed by atoms with Gasteiger partial charge < -0.3 is 4.74 Å². The first-order valence-electron chi connectivity index (χ1n) is 12.6. The molecule has 2 atom stereocenters. The van der Waals surface area contributed by atoms with E-state index in [1.165, 1.54) is 4.57 Å². The first-order valence-corrected chi connectivity index (χ1v) is 12.6. The molecule has 6 rings (SSSR count). The molecule has 3 heterocycles. The summed E-state index contributed by atoms with van der Waals surface area (Å²) in [6.45, 7) is 2.16. The summed E-state index contributed by atoms with van der Waals surface area (Å²) in [7, 11) is 1.61. The molecule has 1 aliphatic heterocycles. The van der Waals surface area contributed by atoms with E-state index < -0.39 is 17.6 Å².